The summed E-state index contributed by atoms with van der Waals surface area (Å²) in [6.07, 6.45) is 24.9. The van der Waals surface area contributed by atoms with E-state index in [-0.39, 0.29) is 0 Å². The Labute approximate surface area is 148 Å². The fourth-order valence-electron chi connectivity index (χ4n) is 2.76. The highest BCUT2D eigenvalue weighted by molar-refractivity contribution is 7.80. The normalized spacial score (nSPS) is 11.5. The quantitative estimate of drug-likeness (QED) is 0.224. The second-order valence-corrected chi connectivity index (χ2v) is 6.82. The molecule has 0 spiro atoms. The Kier molecular flexibility index (Phi) is 14.2. The smallest absolute Gasteiger partial charge is 0.0824 e. The summed E-state index contributed by atoms with van der Waals surface area (Å²) in [4.78, 5) is 0. The maximum atomic E-state index is 4.24. The Morgan fingerprint density at radius 2 is 1.35 bits per heavy atom. The van der Waals surface area contributed by atoms with Gasteiger partial charge < -0.3 is 0 Å². The number of H-pyrrole nitrogens is 1. The Bertz CT molecular complexity index is 363. The summed E-state index contributed by atoms with van der Waals surface area (Å²) in [6, 6.07) is 0. The number of aromatic nitrogens is 3. The molecule has 0 aliphatic heterocycles. The lowest BCUT2D eigenvalue weighted by atomic mass is 10.1. The molecule has 23 heavy (non-hydrogen) atoms. The van der Waals surface area contributed by atoms with Crippen LogP contribution in [0.4, 0.5) is 0 Å². The third-order valence-corrected chi connectivity index (χ3v) is 4.53. The number of allylic oxidation sites excluding steroid dienone is 2. The first-order valence-electron chi connectivity index (χ1n) is 9.54. The number of aryl methyl sites for hydroxylation is 1. The predicted octanol–water partition coefficient (Wildman–Crippen LogP) is 5.90. The fourth-order valence-corrected chi connectivity index (χ4v) is 2.98. The average Bonchev–Trinajstić information content (AvgIpc) is 3.08. The lowest BCUT2D eigenvalue weighted by molar-refractivity contribution is 0.593. The van der Waals surface area contributed by atoms with Crippen molar-refractivity contribution >= 4 is 12.6 Å². The van der Waals surface area contributed by atoms with Crippen molar-refractivity contribution < 1.29 is 0 Å². The van der Waals surface area contributed by atoms with Gasteiger partial charge >= 0.3 is 0 Å². The summed E-state index contributed by atoms with van der Waals surface area (Å²) in [6.45, 7) is 0. The van der Waals surface area contributed by atoms with Gasteiger partial charge in [-0.05, 0) is 50.7 Å². The molecule has 0 radical (unpaired) electrons. The molecule has 0 bridgehead atoms. The zero-order chi connectivity index (χ0) is 16.4. The van der Waals surface area contributed by atoms with E-state index in [0.717, 1.165) is 17.9 Å². The van der Waals surface area contributed by atoms with Gasteiger partial charge in [-0.15, -0.1) is 0 Å². The number of aromatic amines is 1. The molecule has 0 saturated heterocycles. The molecule has 0 amide bonds. The van der Waals surface area contributed by atoms with Crippen molar-refractivity contribution in [2.24, 2.45) is 0 Å². The van der Waals surface area contributed by atoms with Crippen molar-refractivity contribution in [1.82, 2.24) is 15.4 Å². The molecule has 0 unspecified atom stereocenters. The van der Waals surface area contributed by atoms with Crippen LogP contribution in [0.1, 0.15) is 89.2 Å². The van der Waals surface area contributed by atoms with Gasteiger partial charge in [-0.2, -0.15) is 28.0 Å². The summed E-state index contributed by atoms with van der Waals surface area (Å²) in [5, 5.41) is 10.6. The molecule has 1 rings (SSSR count). The van der Waals surface area contributed by atoms with Crippen molar-refractivity contribution in [3.63, 3.8) is 0 Å². The van der Waals surface area contributed by atoms with E-state index in [0.29, 0.717) is 0 Å². The molecule has 1 N–H and O–H groups in total. The lowest BCUT2D eigenvalue weighted by Gasteiger charge is -2.00. The van der Waals surface area contributed by atoms with Crippen LogP contribution in [-0.2, 0) is 6.42 Å². The molecule has 0 aliphatic carbocycles. The average molecular weight is 338 g/mol. The summed E-state index contributed by atoms with van der Waals surface area (Å²) < 4.78 is 0. The van der Waals surface area contributed by atoms with Crippen LogP contribution in [0.5, 0.6) is 0 Å². The number of unbranched alkanes of at least 4 members (excludes halogenated alkanes) is 11. The minimum absolute atomic E-state index is 1.04. The van der Waals surface area contributed by atoms with Crippen LogP contribution in [0.15, 0.2) is 18.3 Å². The van der Waals surface area contributed by atoms with E-state index in [4.69, 9.17) is 0 Å². The number of hydrogen-bond acceptors (Lipinski definition) is 3. The molecule has 4 heteroatoms. The number of thiol groups is 1. The van der Waals surface area contributed by atoms with Gasteiger partial charge in [0.2, 0.25) is 0 Å². The standard InChI is InChI=1S/C19H35N3S/c23-17-15-13-11-9-7-5-3-1-2-4-6-8-10-12-14-16-19-18-20-22-21-19/h1,3,18,23H,2,4-17H2,(H,20,21,22)/b3-1-. The highest BCUT2D eigenvalue weighted by Crippen LogP contribution is 2.10. The largest absolute Gasteiger partial charge is 0.198 e. The van der Waals surface area contributed by atoms with Crippen LogP contribution in [0.3, 0.4) is 0 Å². The first kappa shape index (κ1) is 20.3. The molecule has 1 aromatic heterocycles. The van der Waals surface area contributed by atoms with Gasteiger partial charge in [-0.3, -0.25) is 0 Å². The Morgan fingerprint density at radius 1 is 0.783 bits per heavy atom. The minimum atomic E-state index is 1.04. The van der Waals surface area contributed by atoms with Gasteiger partial charge in [0.05, 0.1) is 11.9 Å². The van der Waals surface area contributed by atoms with E-state index >= 15 is 0 Å². The van der Waals surface area contributed by atoms with Crippen LogP contribution in [0, 0.1) is 0 Å². The van der Waals surface area contributed by atoms with Gasteiger partial charge in [0.15, 0.2) is 0 Å². The maximum Gasteiger partial charge on any atom is 0.0824 e. The zero-order valence-electron chi connectivity index (χ0n) is 14.7. The fraction of sp³-hybridized carbons (Fsp3) is 0.789. The summed E-state index contributed by atoms with van der Waals surface area (Å²) >= 11 is 4.24. The Morgan fingerprint density at radius 3 is 1.91 bits per heavy atom. The van der Waals surface area contributed by atoms with Crippen LogP contribution in [0.25, 0.3) is 0 Å². The van der Waals surface area contributed by atoms with E-state index in [9.17, 15) is 0 Å². The number of nitrogens with zero attached hydrogens (tertiary/aromatic N) is 2. The molecular weight excluding hydrogens is 302 g/mol. The highest BCUT2D eigenvalue weighted by Gasteiger charge is 1.96. The number of rotatable bonds is 16. The van der Waals surface area contributed by atoms with Crippen LogP contribution in [-0.4, -0.2) is 21.2 Å². The summed E-state index contributed by atoms with van der Waals surface area (Å²) in [7, 11) is 0. The second-order valence-electron chi connectivity index (χ2n) is 6.37. The van der Waals surface area contributed by atoms with Gasteiger partial charge in [-0.1, -0.05) is 57.1 Å². The third-order valence-electron chi connectivity index (χ3n) is 4.21. The highest BCUT2D eigenvalue weighted by atomic mass is 32.1. The van der Waals surface area contributed by atoms with Crippen LogP contribution in [0.2, 0.25) is 0 Å². The van der Waals surface area contributed by atoms with Crippen molar-refractivity contribution in [3.05, 3.63) is 24.0 Å². The van der Waals surface area contributed by atoms with E-state index in [1.54, 1.807) is 0 Å². The summed E-state index contributed by atoms with van der Waals surface area (Å²) in [5.74, 6) is 1.04. The number of hydrogen-bond donors (Lipinski definition) is 2. The van der Waals surface area contributed by atoms with Crippen LogP contribution < -0.4 is 0 Å². The van der Waals surface area contributed by atoms with Gasteiger partial charge in [0.1, 0.15) is 0 Å². The Balaban J connectivity index is 1.73. The lowest BCUT2D eigenvalue weighted by Crippen LogP contribution is -1.86. The van der Waals surface area contributed by atoms with E-state index < -0.39 is 0 Å². The second kappa shape index (κ2) is 16.1. The first-order chi connectivity index (χ1) is 11.4. The first-order valence-corrected chi connectivity index (χ1v) is 10.2. The molecule has 0 aromatic carbocycles. The molecule has 132 valence electrons. The van der Waals surface area contributed by atoms with Gasteiger partial charge in [-0.25, -0.2) is 0 Å². The predicted molar refractivity (Wildman–Crippen MR) is 103 cm³/mol. The van der Waals surface area contributed by atoms with E-state index in [1.165, 1.54) is 83.5 Å². The Hall–Kier alpha value is -0.770. The molecule has 0 saturated carbocycles. The van der Waals surface area contributed by atoms with E-state index in [2.05, 4.69) is 40.2 Å². The van der Waals surface area contributed by atoms with Crippen molar-refractivity contribution in [2.75, 3.05) is 5.75 Å². The number of nitrogens with one attached hydrogen (secondary N) is 1. The minimum Gasteiger partial charge on any atom is -0.198 e. The molecule has 0 atom stereocenters. The maximum absolute atomic E-state index is 4.24. The van der Waals surface area contributed by atoms with Crippen molar-refractivity contribution in [1.29, 1.82) is 0 Å². The molecule has 0 aliphatic rings. The molecule has 1 aromatic rings. The monoisotopic (exact) mass is 337 g/mol. The molecule has 1 heterocycles. The molecule has 0 fully saturated rings. The zero-order valence-corrected chi connectivity index (χ0v) is 15.6. The topological polar surface area (TPSA) is 41.6 Å². The SMILES string of the molecule is SCCCCCCC/C=C\CCCCCCCCc1cn[nH]n1. The van der Waals surface area contributed by atoms with Crippen LogP contribution >= 0.6 is 12.6 Å². The molecule has 3 nitrogen and oxygen atoms in total. The van der Waals surface area contributed by atoms with Crippen molar-refractivity contribution in [2.45, 2.75) is 89.9 Å². The van der Waals surface area contributed by atoms with Gasteiger partial charge in [0.25, 0.3) is 0 Å². The third kappa shape index (κ3) is 13.4. The summed E-state index contributed by atoms with van der Waals surface area (Å²) in [5.41, 5.74) is 1.09. The van der Waals surface area contributed by atoms with Gasteiger partial charge in [0, 0.05) is 0 Å². The van der Waals surface area contributed by atoms with E-state index in [1.807, 2.05) is 6.20 Å². The van der Waals surface area contributed by atoms with Crippen molar-refractivity contribution in [3.8, 4) is 0 Å². The molecular formula is C19H35N3S.